The molecule has 0 bridgehead atoms. The van der Waals surface area contributed by atoms with E-state index in [-0.39, 0.29) is 18.1 Å². The Balaban J connectivity index is 1.72. The SMILES string of the molecule is O=C(Cc1ccccc1F)N(Cc1cccnc1)C[C@@H]1CCNC1. The van der Waals surface area contributed by atoms with Crippen LogP contribution in [0.4, 0.5) is 4.39 Å². The molecule has 0 saturated carbocycles. The first-order valence-electron chi connectivity index (χ1n) is 8.33. The largest absolute Gasteiger partial charge is 0.338 e. The van der Waals surface area contributed by atoms with Gasteiger partial charge in [-0.15, -0.1) is 0 Å². The lowest BCUT2D eigenvalue weighted by Gasteiger charge is -2.26. The van der Waals surface area contributed by atoms with Crippen LogP contribution >= 0.6 is 0 Å². The van der Waals surface area contributed by atoms with Gasteiger partial charge in [-0.25, -0.2) is 4.39 Å². The highest BCUT2D eigenvalue weighted by atomic mass is 19.1. The van der Waals surface area contributed by atoms with Gasteiger partial charge in [-0.3, -0.25) is 9.78 Å². The fourth-order valence-corrected chi connectivity index (χ4v) is 3.07. The first kappa shape index (κ1) is 16.6. The highest BCUT2D eigenvalue weighted by Gasteiger charge is 2.22. The number of hydrogen-bond donors (Lipinski definition) is 1. The van der Waals surface area contributed by atoms with Crippen molar-refractivity contribution in [2.24, 2.45) is 5.92 Å². The summed E-state index contributed by atoms with van der Waals surface area (Å²) in [5.74, 6) is 0.0804. The molecule has 0 unspecified atom stereocenters. The van der Waals surface area contributed by atoms with Gasteiger partial charge < -0.3 is 10.2 Å². The number of amides is 1. The molecular formula is C19H22FN3O. The normalized spacial score (nSPS) is 17.0. The number of hydrogen-bond acceptors (Lipinski definition) is 3. The topological polar surface area (TPSA) is 45.2 Å². The summed E-state index contributed by atoms with van der Waals surface area (Å²) in [7, 11) is 0. The Morgan fingerprint density at radius 3 is 2.88 bits per heavy atom. The van der Waals surface area contributed by atoms with Crippen LogP contribution in [0.2, 0.25) is 0 Å². The van der Waals surface area contributed by atoms with Crippen LogP contribution in [0.1, 0.15) is 17.5 Å². The summed E-state index contributed by atoms with van der Waals surface area (Å²) in [6.45, 7) is 3.12. The van der Waals surface area contributed by atoms with Gasteiger partial charge in [0.1, 0.15) is 5.82 Å². The minimum absolute atomic E-state index is 0.0455. The van der Waals surface area contributed by atoms with Crippen molar-refractivity contribution in [3.8, 4) is 0 Å². The number of nitrogens with one attached hydrogen (secondary N) is 1. The fourth-order valence-electron chi connectivity index (χ4n) is 3.07. The molecule has 3 rings (SSSR count). The molecule has 0 radical (unpaired) electrons. The smallest absolute Gasteiger partial charge is 0.227 e. The van der Waals surface area contributed by atoms with Gasteiger partial charge in [0.15, 0.2) is 0 Å². The van der Waals surface area contributed by atoms with Crippen LogP contribution in [-0.2, 0) is 17.8 Å². The molecule has 1 aliphatic rings. The Morgan fingerprint density at radius 1 is 1.29 bits per heavy atom. The van der Waals surface area contributed by atoms with E-state index in [0.717, 1.165) is 25.1 Å². The zero-order valence-corrected chi connectivity index (χ0v) is 13.6. The number of nitrogens with zero attached hydrogens (tertiary/aromatic N) is 2. The first-order valence-corrected chi connectivity index (χ1v) is 8.33. The second kappa shape index (κ2) is 8.02. The summed E-state index contributed by atoms with van der Waals surface area (Å²) in [5.41, 5.74) is 1.44. The van der Waals surface area contributed by atoms with Crippen LogP contribution in [-0.4, -0.2) is 35.4 Å². The van der Waals surface area contributed by atoms with Gasteiger partial charge in [-0.05, 0) is 48.7 Å². The maximum absolute atomic E-state index is 13.9. The number of pyridine rings is 1. The van der Waals surface area contributed by atoms with Crippen LogP contribution in [0.25, 0.3) is 0 Å². The molecule has 0 aliphatic carbocycles. The molecule has 1 amide bonds. The molecular weight excluding hydrogens is 305 g/mol. The predicted octanol–water partition coefficient (Wildman–Crippen LogP) is 2.40. The van der Waals surface area contributed by atoms with Crippen molar-refractivity contribution < 1.29 is 9.18 Å². The number of rotatable bonds is 6. The second-order valence-electron chi connectivity index (χ2n) is 6.26. The molecule has 5 heteroatoms. The number of carbonyl (C=O) groups is 1. The molecule has 1 atom stereocenters. The molecule has 1 fully saturated rings. The standard InChI is InChI=1S/C19H22FN3O/c20-18-6-2-1-5-17(18)10-19(24)23(14-16-7-9-22-12-16)13-15-4-3-8-21-11-15/h1-6,8,11,16,22H,7,9-10,12-14H2/t16-/m1/s1. The minimum atomic E-state index is -0.324. The molecule has 1 aliphatic heterocycles. The van der Waals surface area contributed by atoms with Crippen molar-refractivity contribution >= 4 is 5.91 Å². The average molecular weight is 327 g/mol. The molecule has 0 spiro atoms. The molecule has 2 aromatic rings. The molecule has 1 aromatic heterocycles. The monoisotopic (exact) mass is 327 g/mol. The lowest BCUT2D eigenvalue weighted by Crippen LogP contribution is -2.36. The molecule has 126 valence electrons. The summed E-state index contributed by atoms with van der Waals surface area (Å²) in [4.78, 5) is 18.7. The summed E-state index contributed by atoms with van der Waals surface area (Å²) in [6.07, 6.45) is 4.65. The third-order valence-electron chi connectivity index (χ3n) is 4.39. The van der Waals surface area contributed by atoms with Crippen molar-refractivity contribution in [2.45, 2.75) is 19.4 Å². The number of benzene rings is 1. The van der Waals surface area contributed by atoms with Crippen molar-refractivity contribution in [3.63, 3.8) is 0 Å². The van der Waals surface area contributed by atoms with Crippen LogP contribution in [0, 0.1) is 11.7 Å². The van der Waals surface area contributed by atoms with E-state index in [1.165, 1.54) is 6.07 Å². The first-order chi connectivity index (χ1) is 11.7. The predicted molar refractivity (Wildman–Crippen MR) is 90.7 cm³/mol. The summed E-state index contributed by atoms with van der Waals surface area (Å²) < 4.78 is 13.9. The van der Waals surface area contributed by atoms with E-state index in [0.29, 0.717) is 24.6 Å². The van der Waals surface area contributed by atoms with Crippen molar-refractivity contribution in [2.75, 3.05) is 19.6 Å². The van der Waals surface area contributed by atoms with Gasteiger partial charge in [-0.1, -0.05) is 24.3 Å². The van der Waals surface area contributed by atoms with E-state index >= 15 is 0 Å². The van der Waals surface area contributed by atoms with Gasteiger partial charge in [0.05, 0.1) is 6.42 Å². The number of carbonyl (C=O) groups excluding carboxylic acids is 1. The van der Waals surface area contributed by atoms with Crippen LogP contribution < -0.4 is 5.32 Å². The van der Waals surface area contributed by atoms with Crippen molar-refractivity contribution in [1.29, 1.82) is 0 Å². The zero-order valence-electron chi connectivity index (χ0n) is 13.6. The van der Waals surface area contributed by atoms with Crippen LogP contribution in [0.5, 0.6) is 0 Å². The third-order valence-corrected chi connectivity index (χ3v) is 4.39. The second-order valence-corrected chi connectivity index (χ2v) is 6.26. The molecule has 4 nitrogen and oxygen atoms in total. The maximum atomic E-state index is 13.9. The lowest BCUT2D eigenvalue weighted by atomic mass is 10.1. The van der Waals surface area contributed by atoms with Crippen molar-refractivity contribution in [3.05, 3.63) is 65.7 Å². The summed E-state index contributed by atoms with van der Waals surface area (Å²) >= 11 is 0. The highest BCUT2D eigenvalue weighted by Crippen LogP contribution is 2.15. The Bertz CT molecular complexity index is 671. The number of aromatic nitrogens is 1. The van der Waals surface area contributed by atoms with Gasteiger partial charge in [0, 0.05) is 25.5 Å². The maximum Gasteiger partial charge on any atom is 0.227 e. The highest BCUT2D eigenvalue weighted by molar-refractivity contribution is 5.78. The molecule has 24 heavy (non-hydrogen) atoms. The number of halogens is 1. The fraction of sp³-hybridized carbons (Fsp3) is 0.368. The van der Waals surface area contributed by atoms with Gasteiger partial charge in [0.25, 0.3) is 0 Å². The van der Waals surface area contributed by atoms with Gasteiger partial charge in [0.2, 0.25) is 5.91 Å². The Hall–Kier alpha value is -2.27. The Kier molecular flexibility index (Phi) is 5.54. The van der Waals surface area contributed by atoms with E-state index in [1.807, 2.05) is 17.0 Å². The van der Waals surface area contributed by atoms with E-state index in [1.54, 1.807) is 30.6 Å². The average Bonchev–Trinajstić information content (AvgIpc) is 3.10. The summed E-state index contributed by atoms with van der Waals surface area (Å²) in [6, 6.07) is 10.3. The molecule has 2 heterocycles. The van der Waals surface area contributed by atoms with Crippen LogP contribution in [0.3, 0.4) is 0 Å². The molecule has 1 aromatic carbocycles. The summed E-state index contributed by atoms with van der Waals surface area (Å²) in [5, 5.41) is 3.33. The van der Waals surface area contributed by atoms with E-state index < -0.39 is 0 Å². The Labute approximate surface area is 141 Å². The molecule has 1 N–H and O–H groups in total. The van der Waals surface area contributed by atoms with Crippen molar-refractivity contribution in [1.82, 2.24) is 15.2 Å². The lowest BCUT2D eigenvalue weighted by molar-refractivity contribution is -0.131. The quantitative estimate of drug-likeness (QED) is 0.886. The van der Waals surface area contributed by atoms with Gasteiger partial charge in [-0.2, -0.15) is 0 Å². The Morgan fingerprint density at radius 2 is 2.17 bits per heavy atom. The zero-order chi connectivity index (χ0) is 16.8. The van der Waals surface area contributed by atoms with E-state index in [4.69, 9.17) is 0 Å². The minimum Gasteiger partial charge on any atom is -0.338 e. The van der Waals surface area contributed by atoms with Crippen LogP contribution in [0.15, 0.2) is 48.8 Å². The third kappa shape index (κ3) is 4.38. The van der Waals surface area contributed by atoms with Gasteiger partial charge >= 0.3 is 0 Å². The van der Waals surface area contributed by atoms with E-state index in [2.05, 4.69) is 10.3 Å². The molecule has 1 saturated heterocycles. The van der Waals surface area contributed by atoms with E-state index in [9.17, 15) is 9.18 Å².